The largest absolute Gasteiger partial charge is 0.383 e. The number of benzene rings is 1. The summed E-state index contributed by atoms with van der Waals surface area (Å²) < 4.78 is 4.96. The lowest BCUT2D eigenvalue weighted by Gasteiger charge is -2.21. The van der Waals surface area contributed by atoms with Crippen LogP contribution >= 0.6 is 34.8 Å². The lowest BCUT2D eigenvalue weighted by atomic mass is 10.2. The van der Waals surface area contributed by atoms with E-state index in [0.717, 1.165) is 0 Å². The van der Waals surface area contributed by atoms with Gasteiger partial charge in [0.1, 0.15) is 0 Å². The lowest BCUT2D eigenvalue weighted by molar-refractivity contribution is 0.0708. The maximum Gasteiger partial charge on any atom is 0.255 e. The van der Waals surface area contributed by atoms with Crippen LogP contribution in [0.2, 0.25) is 10.0 Å². The van der Waals surface area contributed by atoms with Gasteiger partial charge in [-0.2, -0.15) is 0 Å². The van der Waals surface area contributed by atoms with Gasteiger partial charge in [0.25, 0.3) is 5.91 Å². The molecule has 0 aliphatic carbocycles. The average Bonchev–Trinajstić information content (AvgIpc) is 2.36. The molecular formula is C12H14Cl3NO2. The summed E-state index contributed by atoms with van der Waals surface area (Å²) in [4.78, 5) is 13.9. The Morgan fingerprint density at radius 1 is 1.33 bits per heavy atom. The van der Waals surface area contributed by atoms with Crippen molar-refractivity contribution in [2.75, 3.05) is 32.7 Å². The van der Waals surface area contributed by atoms with Crippen molar-refractivity contribution >= 4 is 40.7 Å². The van der Waals surface area contributed by atoms with E-state index in [-0.39, 0.29) is 5.91 Å². The summed E-state index contributed by atoms with van der Waals surface area (Å²) in [5, 5.41) is 0.849. The third-order valence-electron chi connectivity index (χ3n) is 2.37. The van der Waals surface area contributed by atoms with E-state index in [1.165, 1.54) is 0 Å². The number of carbonyl (C=O) groups excluding carboxylic acids is 1. The molecule has 0 radical (unpaired) electrons. The number of ether oxygens (including phenoxy) is 1. The van der Waals surface area contributed by atoms with Gasteiger partial charge in [0.2, 0.25) is 0 Å². The highest BCUT2D eigenvalue weighted by atomic mass is 35.5. The molecule has 0 unspecified atom stereocenters. The van der Waals surface area contributed by atoms with Crippen molar-refractivity contribution in [3.63, 3.8) is 0 Å². The molecule has 0 N–H and O–H groups in total. The molecule has 1 amide bonds. The van der Waals surface area contributed by atoms with Gasteiger partial charge < -0.3 is 9.64 Å². The van der Waals surface area contributed by atoms with Crippen LogP contribution in [0.15, 0.2) is 18.2 Å². The van der Waals surface area contributed by atoms with E-state index in [9.17, 15) is 4.79 Å². The molecule has 1 aromatic carbocycles. The molecule has 18 heavy (non-hydrogen) atoms. The van der Waals surface area contributed by atoms with Crippen molar-refractivity contribution in [3.8, 4) is 0 Å². The maximum atomic E-state index is 12.3. The number of hydrogen-bond acceptors (Lipinski definition) is 2. The molecule has 0 atom stereocenters. The standard InChI is InChI=1S/C12H14Cl3NO2/c1-18-7-6-16(5-4-13)12(17)10-8-9(14)2-3-11(10)15/h2-3,8H,4-7H2,1H3. The monoisotopic (exact) mass is 309 g/mol. The minimum Gasteiger partial charge on any atom is -0.383 e. The van der Waals surface area contributed by atoms with Gasteiger partial charge in [0.15, 0.2) is 0 Å². The summed E-state index contributed by atoms with van der Waals surface area (Å²) >= 11 is 17.5. The van der Waals surface area contributed by atoms with Gasteiger partial charge in [-0.15, -0.1) is 11.6 Å². The highest BCUT2D eigenvalue weighted by molar-refractivity contribution is 6.35. The molecule has 0 saturated heterocycles. The highest BCUT2D eigenvalue weighted by Gasteiger charge is 2.18. The first-order valence-corrected chi connectivity index (χ1v) is 6.68. The first kappa shape index (κ1) is 15.6. The molecule has 3 nitrogen and oxygen atoms in total. The number of amides is 1. The molecule has 0 aliphatic rings. The first-order valence-electron chi connectivity index (χ1n) is 5.39. The van der Waals surface area contributed by atoms with Crippen LogP contribution < -0.4 is 0 Å². The van der Waals surface area contributed by atoms with Crippen molar-refractivity contribution < 1.29 is 9.53 Å². The molecule has 1 rings (SSSR count). The van der Waals surface area contributed by atoms with Crippen molar-refractivity contribution in [2.45, 2.75) is 0 Å². The Hall–Kier alpha value is -0.480. The normalized spacial score (nSPS) is 10.4. The van der Waals surface area contributed by atoms with Gasteiger partial charge in [-0.25, -0.2) is 0 Å². The SMILES string of the molecule is COCCN(CCCl)C(=O)c1cc(Cl)ccc1Cl. The topological polar surface area (TPSA) is 29.5 Å². The molecule has 0 saturated carbocycles. The van der Waals surface area contributed by atoms with Crippen LogP contribution in [0.1, 0.15) is 10.4 Å². The van der Waals surface area contributed by atoms with Crippen LogP contribution in [0.4, 0.5) is 0 Å². The van der Waals surface area contributed by atoms with Gasteiger partial charge in [0.05, 0.1) is 17.2 Å². The smallest absolute Gasteiger partial charge is 0.255 e. The van der Waals surface area contributed by atoms with Crippen LogP contribution in [0, 0.1) is 0 Å². The van der Waals surface area contributed by atoms with E-state index in [1.54, 1.807) is 30.2 Å². The fourth-order valence-electron chi connectivity index (χ4n) is 1.45. The van der Waals surface area contributed by atoms with Gasteiger partial charge in [0, 0.05) is 31.1 Å². The summed E-state index contributed by atoms with van der Waals surface area (Å²) in [7, 11) is 1.58. The second kappa shape index (κ2) is 7.85. The van der Waals surface area contributed by atoms with Crippen molar-refractivity contribution in [3.05, 3.63) is 33.8 Å². The Bertz CT molecular complexity index is 412. The summed E-state index contributed by atoms with van der Waals surface area (Å²) in [5.41, 5.74) is 0.380. The Balaban J connectivity index is 2.90. The Morgan fingerprint density at radius 2 is 2.06 bits per heavy atom. The van der Waals surface area contributed by atoms with E-state index in [2.05, 4.69) is 0 Å². The molecule has 0 spiro atoms. The van der Waals surface area contributed by atoms with E-state index in [1.807, 2.05) is 0 Å². The zero-order valence-electron chi connectivity index (χ0n) is 9.96. The molecule has 0 heterocycles. The van der Waals surface area contributed by atoms with Crippen LogP contribution in [0.3, 0.4) is 0 Å². The van der Waals surface area contributed by atoms with Gasteiger partial charge in [-0.3, -0.25) is 4.79 Å². The van der Waals surface area contributed by atoms with Crippen LogP contribution in [-0.2, 0) is 4.74 Å². The number of halogens is 3. The molecule has 100 valence electrons. The quantitative estimate of drug-likeness (QED) is 0.754. The lowest BCUT2D eigenvalue weighted by Crippen LogP contribution is -2.35. The zero-order chi connectivity index (χ0) is 13.5. The average molecular weight is 311 g/mol. The number of nitrogens with zero attached hydrogens (tertiary/aromatic N) is 1. The van der Waals surface area contributed by atoms with Crippen molar-refractivity contribution in [2.24, 2.45) is 0 Å². The molecule has 6 heteroatoms. The molecular weight excluding hydrogens is 296 g/mol. The Kier molecular flexibility index (Phi) is 6.79. The van der Waals surface area contributed by atoms with E-state index in [0.29, 0.717) is 41.2 Å². The molecule has 0 aromatic heterocycles. The molecule has 0 aliphatic heterocycles. The Morgan fingerprint density at radius 3 is 2.67 bits per heavy atom. The summed E-state index contributed by atoms with van der Waals surface area (Å²) in [6, 6.07) is 4.80. The van der Waals surface area contributed by atoms with Gasteiger partial charge in [-0.05, 0) is 18.2 Å². The first-order chi connectivity index (χ1) is 8.60. The zero-order valence-corrected chi connectivity index (χ0v) is 12.2. The van der Waals surface area contributed by atoms with E-state index >= 15 is 0 Å². The Labute approximate surface area is 122 Å². The predicted molar refractivity (Wildman–Crippen MR) is 75.0 cm³/mol. The summed E-state index contributed by atoms with van der Waals surface area (Å²) in [5.74, 6) is 0.161. The van der Waals surface area contributed by atoms with Crippen molar-refractivity contribution in [1.29, 1.82) is 0 Å². The number of hydrogen-bond donors (Lipinski definition) is 0. The maximum absolute atomic E-state index is 12.3. The fourth-order valence-corrected chi connectivity index (χ4v) is 2.02. The molecule has 1 aromatic rings. The summed E-state index contributed by atoms with van der Waals surface area (Å²) in [6.45, 7) is 1.35. The summed E-state index contributed by atoms with van der Waals surface area (Å²) in [6.07, 6.45) is 0. The fraction of sp³-hybridized carbons (Fsp3) is 0.417. The van der Waals surface area contributed by atoms with E-state index in [4.69, 9.17) is 39.5 Å². The van der Waals surface area contributed by atoms with Crippen molar-refractivity contribution in [1.82, 2.24) is 4.90 Å². The minimum atomic E-state index is -0.194. The van der Waals surface area contributed by atoms with Crippen LogP contribution in [0.5, 0.6) is 0 Å². The molecule has 0 fully saturated rings. The van der Waals surface area contributed by atoms with E-state index < -0.39 is 0 Å². The van der Waals surface area contributed by atoms with Gasteiger partial charge >= 0.3 is 0 Å². The van der Waals surface area contributed by atoms with Crippen LogP contribution in [0.25, 0.3) is 0 Å². The van der Waals surface area contributed by atoms with Crippen LogP contribution in [-0.4, -0.2) is 43.5 Å². The van der Waals surface area contributed by atoms with Gasteiger partial charge in [-0.1, -0.05) is 23.2 Å². The molecule has 0 bridgehead atoms. The third kappa shape index (κ3) is 4.32. The number of alkyl halides is 1. The highest BCUT2D eigenvalue weighted by Crippen LogP contribution is 2.22. The second-order valence-electron chi connectivity index (χ2n) is 3.60. The number of rotatable bonds is 6. The number of methoxy groups -OCH3 is 1. The number of carbonyl (C=O) groups is 1. The second-order valence-corrected chi connectivity index (χ2v) is 4.82. The third-order valence-corrected chi connectivity index (χ3v) is 3.10. The predicted octanol–water partition coefficient (Wildman–Crippen LogP) is 3.32. The minimum absolute atomic E-state index is 0.194.